The summed E-state index contributed by atoms with van der Waals surface area (Å²) in [5.74, 6) is 1.01. The molecule has 0 atom stereocenters. The van der Waals surface area contributed by atoms with E-state index in [0.29, 0.717) is 4.90 Å². The van der Waals surface area contributed by atoms with Crippen LogP contribution in [0.1, 0.15) is 32.6 Å². The van der Waals surface area contributed by atoms with Gasteiger partial charge in [-0.05, 0) is 37.2 Å². The van der Waals surface area contributed by atoms with E-state index in [1.54, 1.807) is 23.9 Å². The first-order chi connectivity index (χ1) is 9.54. The van der Waals surface area contributed by atoms with Gasteiger partial charge in [0.1, 0.15) is 0 Å². The number of benzene rings is 1. The number of rotatable bonds is 10. The molecule has 0 bridgehead atoms. The maximum atomic E-state index is 11.3. The zero-order chi connectivity index (χ0) is 14.8. The quantitative estimate of drug-likeness (QED) is 0.531. The molecule has 0 saturated carbocycles. The summed E-state index contributed by atoms with van der Waals surface area (Å²) in [5, 5.41) is 3.43. The Kier molecular flexibility index (Phi) is 8.26. The second-order valence-electron chi connectivity index (χ2n) is 4.90. The average Bonchev–Trinajstić information content (AvgIpc) is 2.41. The van der Waals surface area contributed by atoms with Gasteiger partial charge in [0.2, 0.25) is 0 Å². The summed E-state index contributed by atoms with van der Waals surface area (Å²) in [7, 11) is -3.08. The highest BCUT2D eigenvalue weighted by Gasteiger charge is 2.05. The molecule has 0 aromatic heterocycles. The predicted octanol–water partition coefficient (Wildman–Crippen LogP) is 3.35. The van der Waals surface area contributed by atoms with E-state index in [1.807, 2.05) is 12.1 Å². The summed E-state index contributed by atoms with van der Waals surface area (Å²) < 4.78 is 22.7. The molecule has 0 unspecified atom stereocenters. The molecule has 0 amide bonds. The number of sulfone groups is 1. The van der Waals surface area contributed by atoms with Crippen molar-refractivity contribution in [2.75, 3.05) is 25.1 Å². The van der Waals surface area contributed by atoms with Gasteiger partial charge in [-0.3, -0.25) is 0 Å². The molecule has 0 saturated heterocycles. The first-order valence-corrected chi connectivity index (χ1v) is 10.1. The van der Waals surface area contributed by atoms with Gasteiger partial charge in [0.25, 0.3) is 0 Å². The largest absolute Gasteiger partial charge is 0.316 e. The standard InChI is InChI=1S/C15H25NO2S2/c1-3-4-5-6-11-16-12-13-19-14-7-9-15(10-8-14)20(2,17)18/h7-10,16H,3-6,11-13H2,1-2H3. The molecule has 1 N–H and O–H groups in total. The fourth-order valence-electron chi connectivity index (χ4n) is 1.83. The van der Waals surface area contributed by atoms with Gasteiger partial charge in [-0.25, -0.2) is 8.42 Å². The minimum absolute atomic E-state index is 0.385. The third-order valence-corrected chi connectivity index (χ3v) is 5.15. The van der Waals surface area contributed by atoms with E-state index in [4.69, 9.17) is 0 Å². The minimum atomic E-state index is -3.08. The van der Waals surface area contributed by atoms with Crippen LogP contribution in [-0.4, -0.2) is 33.5 Å². The van der Waals surface area contributed by atoms with Crippen LogP contribution in [0.3, 0.4) is 0 Å². The molecule has 20 heavy (non-hydrogen) atoms. The van der Waals surface area contributed by atoms with Crippen molar-refractivity contribution in [2.24, 2.45) is 0 Å². The molecule has 3 nitrogen and oxygen atoms in total. The monoisotopic (exact) mass is 315 g/mol. The molecule has 0 heterocycles. The highest BCUT2D eigenvalue weighted by Crippen LogP contribution is 2.19. The summed E-state index contributed by atoms with van der Waals surface area (Å²) in [6.45, 7) is 4.30. The smallest absolute Gasteiger partial charge is 0.175 e. The molecule has 1 rings (SSSR count). The fraction of sp³-hybridized carbons (Fsp3) is 0.600. The van der Waals surface area contributed by atoms with Crippen molar-refractivity contribution in [3.63, 3.8) is 0 Å². The third-order valence-electron chi connectivity index (χ3n) is 3.01. The number of unbranched alkanes of at least 4 members (excludes halogenated alkanes) is 3. The SMILES string of the molecule is CCCCCCNCCSc1ccc(S(C)(=O)=O)cc1. The van der Waals surface area contributed by atoms with E-state index in [9.17, 15) is 8.42 Å². The molecule has 1 aromatic rings. The number of hydrogen-bond donors (Lipinski definition) is 1. The summed E-state index contributed by atoms with van der Waals surface area (Å²) in [6, 6.07) is 7.11. The molecule has 0 aliphatic rings. The molecular weight excluding hydrogens is 290 g/mol. The van der Waals surface area contributed by atoms with Crippen LogP contribution in [0, 0.1) is 0 Å². The Balaban J connectivity index is 2.16. The van der Waals surface area contributed by atoms with Crippen molar-refractivity contribution in [1.82, 2.24) is 5.32 Å². The van der Waals surface area contributed by atoms with Crippen LogP contribution in [0.4, 0.5) is 0 Å². The average molecular weight is 316 g/mol. The van der Waals surface area contributed by atoms with E-state index in [-0.39, 0.29) is 0 Å². The second-order valence-corrected chi connectivity index (χ2v) is 8.09. The Bertz CT molecular complexity index is 469. The van der Waals surface area contributed by atoms with Gasteiger partial charge in [0, 0.05) is 23.4 Å². The summed E-state index contributed by atoms with van der Waals surface area (Å²) in [5.41, 5.74) is 0. The van der Waals surface area contributed by atoms with E-state index in [2.05, 4.69) is 12.2 Å². The Hall–Kier alpha value is -0.520. The van der Waals surface area contributed by atoms with Gasteiger partial charge >= 0.3 is 0 Å². The molecule has 114 valence electrons. The predicted molar refractivity (Wildman–Crippen MR) is 87.3 cm³/mol. The number of nitrogens with one attached hydrogen (secondary N) is 1. The maximum Gasteiger partial charge on any atom is 0.175 e. The van der Waals surface area contributed by atoms with Crippen molar-refractivity contribution >= 4 is 21.6 Å². The van der Waals surface area contributed by atoms with Gasteiger partial charge in [0.15, 0.2) is 9.84 Å². The normalized spacial score (nSPS) is 11.7. The molecule has 1 aromatic carbocycles. The van der Waals surface area contributed by atoms with Gasteiger partial charge in [-0.15, -0.1) is 11.8 Å². The number of thioether (sulfide) groups is 1. The van der Waals surface area contributed by atoms with Crippen molar-refractivity contribution in [3.8, 4) is 0 Å². The van der Waals surface area contributed by atoms with Crippen molar-refractivity contribution in [1.29, 1.82) is 0 Å². The Morgan fingerprint density at radius 1 is 1.05 bits per heavy atom. The van der Waals surface area contributed by atoms with Crippen LogP contribution >= 0.6 is 11.8 Å². The van der Waals surface area contributed by atoms with E-state index < -0.39 is 9.84 Å². The summed E-state index contributed by atoms with van der Waals surface area (Å²) >= 11 is 1.75. The van der Waals surface area contributed by atoms with Crippen LogP contribution in [0.25, 0.3) is 0 Å². The van der Waals surface area contributed by atoms with Crippen molar-refractivity contribution < 1.29 is 8.42 Å². The van der Waals surface area contributed by atoms with Crippen molar-refractivity contribution in [3.05, 3.63) is 24.3 Å². The highest BCUT2D eigenvalue weighted by molar-refractivity contribution is 7.99. The summed E-state index contributed by atoms with van der Waals surface area (Å²) in [4.78, 5) is 1.50. The van der Waals surface area contributed by atoms with Gasteiger partial charge in [-0.2, -0.15) is 0 Å². The van der Waals surface area contributed by atoms with E-state index in [0.717, 1.165) is 23.7 Å². The Labute approximate surface area is 127 Å². The second kappa shape index (κ2) is 9.42. The molecule has 5 heteroatoms. The Morgan fingerprint density at radius 2 is 1.75 bits per heavy atom. The lowest BCUT2D eigenvalue weighted by molar-refractivity contribution is 0.602. The third kappa shape index (κ3) is 7.31. The van der Waals surface area contributed by atoms with Crippen molar-refractivity contribution in [2.45, 2.75) is 42.4 Å². The van der Waals surface area contributed by atoms with E-state index in [1.165, 1.54) is 31.9 Å². The van der Waals surface area contributed by atoms with Crippen LogP contribution < -0.4 is 5.32 Å². The number of hydrogen-bond acceptors (Lipinski definition) is 4. The fourth-order valence-corrected chi connectivity index (χ4v) is 3.27. The van der Waals surface area contributed by atoms with Crippen LogP contribution in [0.2, 0.25) is 0 Å². The molecular formula is C15H25NO2S2. The molecule has 0 aliphatic heterocycles. The maximum absolute atomic E-state index is 11.3. The van der Waals surface area contributed by atoms with Crippen LogP contribution in [-0.2, 0) is 9.84 Å². The first kappa shape index (κ1) is 17.5. The molecule has 0 radical (unpaired) electrons. The van der Waals surface area contributed by atoms with Crippen LogP contribution in [0.15, 0.2) is 34.1 Å². The summed E-state index contributed by atoms with van der Waals surface area (Å²) in [6.07, 6.45) is 6.39. The lowest BCUT2D eigenvalue weighted by Crippen LogP contribution is -2.18. The van der Waals surface area contributed by atoms with E-state index >= 15 is 0 Å². The zero-order valence-corrected chi connectivity index (χ0v) is 14.0. The van der Waals surface area contributed by atoms with Gasteiger partial charge in [0.05, 0.1) is 4.90 Å². The zero-order valence-electron chi connectivity index (χ0n) is 12.4. The first-order valence-electron chi connectivity index (χ1n) is 7.17. The molecule has 0 aliphatic carbocycles. The molecule has 0 fully saturated rings. The van der Waals surface area contributed by atoms with Gasteiger partial charge in [-0.1, -0.05) is 26.2 Å². The lowest BCUT2D eigenvalue weighted by Gasteiger charge is -2.05. The minimum Gasteiger partial charge on any atom is -0.316 e. The lowest BCUT2D eigenvalue weighted by atomic mass is 10.2. The topological polar surface area (TPSA) is 46.2 Å². The van der Waals surface area contributed by atoms with Crippen LogP contribution in [0.5, 0.6) is 0 Å². The van der Waals surface area contributed by atoms with Gasteiger partial charge < -0.3 is 5.32 Å². The highest BCUT2D eigenvalue weighted by atomic mass is 32.2. The Morgan fingerprint density at radius 3 is 2.35 bits per heavy atom. The molecule has 0 spiro atoms.